The average molecular weight is 559 g/mol. The first-order valence-corrected chi connectivity index (χ1v) is 13.3. The van der Waals surface area contributed by atoms with Gasteiger partial charge < -0.3 is 19.4 Å². The van der Waals surface area contributed by atoms with Crippen molar-refractivity contribution in [2.45, 2.75) is 6.54 Å². The molecule has 0 aliphatic rings. The van der Waals surface area contributed by atoms with Gasteiger partial charge >= 0.3 is 0 Å². The van der Waals surface area contributed by atoms with Gasteiger partial charge in [-0.2, -0.15) is 5.10 Å². The number of aromatic nitrogens is 1. The number of carbonyl (C=O) groups is 2. The molecule has 8 heteroatoms. The van der Waals surface area contributed by atoms with E-state index in [4.69, 9.17) is 9.47 Å². The molecule has 0 saturated carbocycles. The Balaban J connectivity index is 1.40. The van der Waals surface area contributed by atoms with Crippen molar-refractivity contribution in [3.63, 3.8) is 0 Å². The summed E-state index contributed by atoms with van der Waals surface area (Å²) < 4.78 is 12.9. The number of rotatable bonds is 10. The molecule has 0 fully saturated rings. The molecule has 0 saturated heterocycles. The summed E-state index contributed by atoms with van der Waals surface area (Å²) in [5.74, 6) is 0.0269. The van der Waals surface area contributed by atoms with Gasteiger partial charge in [0.1, 0.15) is 5.70 Å². The first kappa shape index (κ1) is 27.9. The fourth-order valence-electron chi connectivity index (χ4n) is 4.56. The number of carbonyl (C=O) groups excluding carboxylic acids is 2. The normalized spacial score (nSPS) is 11.4. The third-order valence-corrected chi connectivity index (χ3v) is 6.63. The molecule has 0 radical (unpaired) electrons. The molecule has 0 aliphatic carbocycles. The van der Waals surface area contributed by atoms with Crippen molar-refractivity contribution in [3.8, 4) is 11.5 Å². The van der Waals surface area contributed by atoms with Crippen LogP contribution in [0.4, 0.5) is 0 Å². The standard InChI is InChI=1S/C34H30N4O4/c1-41-31-18-17-25(20-32(31)42-2)19-29(36-33(39)26-13-7-4-8-14-26)34(40)37-35-21-27-23-38(22-24-11-5-3-6-12-24)30-16-10-9-15-28(27)30/h3-21,23H,22H2,1-2H3,(H,36,39)(H,37,40). The van der Waals surface area contributed by atoms with Gasteiger partial charge in [0.05, 0.1) is 20.4 Å². The molecule has 1 aromatic heterocycles. The maximum absolute atomic E-state index is 13.3. The molecule has 5 rings (SSSR count). The Morgan fingerprint density at radius 2 is 1.52 bits per heavy atom. The zero-order chi connectivity index (χ0) is 29.3. The summed E-state index contributed by atoms with van der Waals surface area (Å²) in [6, 6.07) is 32.1. The number of nitrogens with zero attached hydrogens (tertiary/aromatic N) is 2. The molecule has 0 bridgehead atoms. The molecule has 0 aliphatic heterocycles. The lowest BCUT2D eigenvalue weighted by molar-refractivity contribution is -0.117. The van der Waals surface area contributed by atoms with Gasteiger partial charge in [0.15, 0.2) is 11.5 Å². The van der Waals surface area contributed by atoms with Gasteiger partial charge in [0.2, 0.25) is 0 Å². The van der Waals surface area contributed by atoms with E-state index in [2.05, 4.69) is 38.6 Å². The molecular formula is C34H30N4O4. The van der Waals surface area contributed by atoms with E-state index in [1.165, 1.54) is 12.7 Å². The van der Waals surface area contributed by atoms with Crippen LogP contribution in [-0.4, -0.2) is 36.8 Å². The highest BCUT2D eigenvalue weighted by atomic mass is 16.5. The van der Waals surface area contributed by atoms with Crippen LogP contribution in [0, 0.1) is 0 Å². The maximum atomic E-state index is 13.3. The second-order valence-electron chi connectivity index (χ2n) is 9.41. The van der Waals surface area contributed by atoms with Crippen LogP contribution in [0.15, 0.2) is 120 Å². The summed E-state index contributed by atoms with van der Waals surface area (Å²) in [7, 11) is 3.07. The highest BCUT2D eigenvalue weighted by Crippen LogP contribution is 2.28. The molecule has 8 nitrogen and oxygen atoms in total. The van der Waals surface area contributed by atoms with E-state index in [0.717, 1.165) is 16.5 Å². The third-order valence-electron chi connectivity index (χ3n) is 6.63. The smallest absolute Gasteiger partial charge is 0.287 e. The van der Waals surface area contributed by atoms with Crippen molar-refractivity contribution in [3.05, 3.63) is 137 Å². The molecule has 42 heavy (non-hydrogen) atoms. The third kappa shape index (κ3) is 6.56. The van der Waals surface area contributed by atoms with Gasteiger partial charge in [0, 0.05) is 34.8 Å². The lowest BCUT2D eigenvalue weighted by Gasteiger charge is -2.11. The van der Waals surface area contributed by atoms with Crippen molar-refractivity contribution < 1.29 is 19.1 Å². The Bertz CT molecular complexity index is 1760. The topological polar surface area (TPSA) is 94.0 Å². The zero-order valence-electron chi connectivity index (χ0n) is 23.3. The molecule has 1 heterocycles. The van der Waals surface area contributed by atoms with Crippen LogP contribution in [0.25, 0.3) is 17.0 Å². The molecule has 0 spiro atoms. The number of hydrogen-bond donors (Lipinski definition) is 2. The molecular weight excluding hydrogens is 528 g/mol. The summed E-state index contributed by atoms with van der Waals surface area (Å²) in [5.41, 5.74) is 6.70. The van der Waals surface area contributed by atoms with E-state index >= 15 is 0 Å². The van der Waals surface area contributed by atoms with E-state index in [1.54, 1.807) is 61.9 Å². The lowest BCUT2D eigenvalue weighted by Crippen LogP contribution is -2.32. The summed E-state index contributed by atoms with van der Waals surface area (Å²) >= 11 is 0. The SMILES string of the molecule is COc1ccc(C=C(NC(=O)c2ccccc2)C(=O)NN=Cc2cn(Cc3ccccc3)c3ccccc23)cc1OC. The largest absolute Gasteiger partial charge is 0.493 e. The fourth-order valence-corrected chi connectivity index (χ4v) is 4.56. The Hall–Kier alpha value is -5.63. The Morgan fingerprint density at radius 3 is 2.26 bits per heavy atom. The number of para-hydroxylation sites is 1. The van der Waals surface area contributed by atoms with Gasteiger partial charge in [-0.05, 0) is 47.5 Å². The lowest BCUT2D eigenvalue weighted by atomic mass is 10.1. The highest BCUT2D eigenvalue weighted by molar-refractivity contribution is 6.06. The van der Waals surface area contributed by atoms with Crippen LogP contribution in [0.1, 0.15) is 27.0 Å². The average Bonchev–Trinajstić information content (AvgIpc) is 3.38. The fraction of sp³-hybridized carbons (Fsp3) is 0.0882. The summed E-state index contributed by atoms with van der Waals surface area (Å²) in [5, 5.41) is 7.96. The van der Waals surface area contributed by atoms with Crippen molar-refractivity contribution >= 4 is 35.0 Å². The number of methoxy groups -OCH3 is 2. The number of fused-ring (bicyclic) bond motifs is 1. The van der Waals surface area contributed by atoms with E-state index in [0.29, 0.717) is 29.2 Å². The number of nitrogens with one attached hydrogen (secondary N) is 2. The van der Waals surface area contributed by atoms with E-state index < -0.39 is 11.8 Å². The number of ether oxygens (including phenoxy) is 2. The van der Waals surface area contributed by atoms with Crippen LogP contribution in [0.3, 0.4) is 0 Å². The van der Waals surface area contributed by atoms with Crippen LogP contribution in [0.5, 0.6) is 11.5 Å². The molecule has 5 aromatic rings. The van der Waals surface area contributed by atoms with Gasteiger partial charge in [0.25, 0.3) is 11.8 Å². The summed E-state index contributed by atoms with van der Waals surface area (Å²) in [6.45, 7) is 0.700. The Kier molecular flexibility index (Phi) is 8.74. The van der Waals surface area contributed by atoms with Crippen LogP contribution in [-0.2, 0) is 11.3 Å². The minimum absolute atomic E-state index is 0.0136. The minimum Gasteiger partial charge on any atom is -0.493 e. The Labute approximate surface area is 243 Å². The molecule has 2 amide bonds. The number of hydrogen-bond acceptors (Lipinski definition) is 5. The molecule has 210 valence electrons. The van der Waals surface area contributed by atoms with Crippen molar-refractivity contribution in [2.24, 2.45) is 5.10 Å². The second kappa shape index (κ2) is 13.1. The number of benzene rings is 4. The molecule has 0 unspecified atom stereocenters. The van der Waals surface area contributed by atoms with Crippen molar-refractivity contribution in [1.82, 2.24) is 15.3 Å². The quantitative estimate of drug-likeness (QED) is 0.132. The Morgan fingerprint density at radius 1 is 0.833 bits per heavy atom. The van der Waals surface area contributed by atoms with E-state index in [9.17, 15) is 9.59 Å². The van der Waals surface area contributed by atoms with Crippen LogP contribution in [0.2, 0.25) is 0 Å². The van der Waals surface area contributed by atoms with Gasteiger partial charge in [-0.15, -0.1) is 0 Å². The monoisotopic (exact) mass is 558 g/mol. The van der Waals surface area contributed by atoms with Crippen molar-refractivity contribution in [2.75, 3.05) is 14.2 Å². The first-order chi connectivity index (χ1) is 20.6. The predicted octanol–water partition coefficient (Wildman–Crippen LogP) is 5.63. The van der Waals surface area contributed by atoms with Gasteiger partial charge in [-0.25, -0.2) is 5.43 Å². The maximum Gasteiger partial charge on any atom is 0.287 e. The van der Waals surface area contributed by atoms with Gasteiger partial charge in [-0.3, -0.25) is 9.59 Å². The number of hydrazone groups is 1. The van der Waals surface area contributed by atoms with E-state index in [1.807, 2.05) is 48.7 Å². The summed E-state index contributed by atoms with van der Waals surface area (Å²) in [4.78, 5) is 26.3. The zero-order valence-corrected chi connectivity index (χ0v) is 23.3. The molecule has 4 aromatic carbocycles. The molecule has 2 N–H and O–H groups in total. The van der Waals surface area contributed by atoms with Crippen LogP contribution < -0.4 is 20.2 Å². The summed E-state index contributed by atoms with van der Waals surface area (Å²) in [6.07, 6.45) is 5.17. The van der Waals surface area contributed by atoms with E-state index in [-0.39, 0.29) is 5.70 Å². The highest BCUT2D eigenvalue weighted by Gasteiger charge is 2.15. The van der Waals surface area contributed by atoms with Crippen LogP contribution >= 0.6 is 0 Å². The van der Waals surface area contributed by atoms with Crippen molar-refractivity contribution in [1.29, 1.82) is 0 Å². The van der Waals surface area contributed by atoms with Gasteiger partial charge in [-0.1, -0.05) is 72.8 Å². The first-order valence-electron chi connectivity index (χ1n) is 13.3. The minimum atomic E-state index is -0.585. The molecule has 0 atom stereocenters. The second-order valence-corrected chi connectivity index (χ2v) is 9.41. The predicted molar refractivity (Wildman–Crippen MR) is 165 cm³/mol. The number of amides is 2.